The molecule has 1 aromatic heterocycles. The van der Waals surface area contributed by atoms with Crippen molar-refractivity contribution < 1.29 is 4.74 Å². The fraction of sp³-hybridized carbons (Fsp3) is 0.452. The predicted molar refractivity (Wildman–Crippen MR) is 155 cm³/mol. The van der Waals surface area contributed by atoms with Crippen LogP contribution in [0.2, 0.25) is 5.02 Å². The Kier molecular flexibility index (Phi) is 8.66. The van der Waals surface area contributed by atoms with Gasteiger partial charge >= 0.3 is 0 Å². The number of hydrogen-bond acceptors (Lipinski definition) is 7. The van der Waals surface area contributed by atoms with Crippen LogP contribution in [0.3, 0.4) is 0 Å². The summed E-state index contributed by atoms with van der Waals surface area (Å²) in [5.41, 5.74) is 3.23. The quantitative estimate of drug-likeness (QED) is 0.426. The van der Waals surface area contributed by atoms with Crippen molar-refractivity contribution in [1.29, 1.82) is 5.26 Å². The van der Waals surface area contributed by atoms with Crippen molar-refractivity contribution in [2.24, 2.45) is 5.92 Å². The highest BCUT2D eigenvalue weighted by molar-refractivity contribution is 6.30. The lowest BCUT2D eigenvalue weighted by Gasteiger charge is -2.37. The van der Waals surface area contributed by atoms with Gasteiger partial charge in [0.05, 0.1) is 17.3 Å². The second-order valence-corrected chi connectivity index (χ2v) is 11.5. The topological polar surface area (TPSA) is 77.3 Å². The first-order valence-electron chi connectivity index (χ1n) is 13.8. The Bertz CT molecular complexity index is 1290. The van der Waals surface area contributed by atoms with E-state index in [4.69, 9.17) is 21.3 Å². The van der Waals surface area contributed by atoms with Crippen LogP contribution in [0.5, 0.6) is 5.75 Å². The molecule has 0 bridgehead atoms. The van der Waals surface area contributed by atoms with E-state index >= 15 is 0 Å². The van der Waals surface area contributed by atoms with E-state index in [0.29, 0.717) is 17.2 Å². The number of aromatic nitrogens is 2. The van der Waals surface area contributed by atoms with Gasteiger partial charge in [-0.2, -0.15) is 5.26 Å². The number of piperidine rings is 1. The number of hydrogen-bond donors (Lipinski definition) is 1. The zero-order chi connectivity index (χ0) is 27.2. The molecule has 0 atom stereocenters. The van der Waals surface area contributed by atoms with Gasteiger partial charge in [0.1, 0.15) is 12.4 Å². The predicted octanol–water partition coefficient (Wildman–Crippen LogP) is 5.03. The summed E-state index contributed by atoms with van der Waals surface area (Å²) in [4.78, 5) is 14.2. The molecule has 0 saturated carbocycles. The van der Waals surface area contributed by atoms with Gasteiger partial charge in [-0.25, -0.2) is 9.97 Å². The fourth-order valence-electron chi connectivity index (χ4n) is 5.48. The third-order valence-electron chi connectivity index (χ3n) is 8.04. The molecular formula is C31H37ClN6O. The van der Waals surface area contributed by atoms with Crippen LogP contribution in [0.4, 0.5) is 5.95 Å². The van der Waals surface area contributed by atoms with Gasteiger partial charge < -0.3 is 15.0 Å². The second-order valence-electron chi connectivity index (χ2n) is 11.1. The summed E-state index contributed by atoms with van der Waals surface area (Å²) >= 11 is 6.26. The van der Waals surface area contributed by atoms with Crippen molar-refractivity contribution in [3.05, 3.63) is 82.1 Å². The molecule has 5 rings (SSSR count). The maximum Gasteiger partial charge on any atom is 0.225 e. The summed E-state index contributed by atoms with van der Waals surface area (Å²) in [6.45, 7) is 12.2. The van der Waals surface area contributed by atoms with Crippen LogP contribution in [-0.2, 0) is 12.0 Å². The van der Waals surface area contributed by atoms with Crippen LogP contribution < -0.4 is 15.0 Å². The maximum absolute atomic E-state index is 9.33. The molecule has 2 saturated heterocycles. The van der Waals surface area contributed by atoms with Crippen molar-refractivity contribution in [2.45, 2.75) is 38.7 Å². The zero-order valence-electron chi connectivity index (χ0n) is 22.9. The van der Waals surface area contributed by atoms with Gasteiger partial charge in [-0.05, 0) is 79.4 Å². The summed E-state index contributed by atoms with van der Waals surface area (Å²) in [6.07, 6.45) is 4.41. The number of ether oxygens (including phenoxy) is 1. The highest BCUT2D eigenvalue weighted by Crippen LogP contribution is 2.34. The standard InChI is InChI=1S/C31H37ClN6O/c1-31(2,26-17-24(20-33)18-27(32)19-26)25-3-5-29(6-4-25)39-22-28-9-12-35-30(36-28)38-15-13-37(14-16-38)21-23-7-10-34-11-8-23/h3-6,9,12,17-19,23,34H,7-8,10-11,13-16,21-22H2,1-2H3. The Labute approximate surface area is 236 Å². The second kappa shape index (κ2) is 12.3. The Balaban J connectivity index is 1.16. The number of nitriles is 1. The summed E-state index contributed by atoms with van der Waals surface area (Å²) in [5, 5.41) is 13.4. The van der Waals surface area contributed by atoms with Gasteiger partial charge in [0.25, 0.3) is 0 Å². The van der Waals surface area contributed by atoms with Crippen LogP contribution in [0.25, 0.3) is 0 Å². The van der Waals surface area contributed by atoms with E-state index in [0.717, 1.165) is 73.7 Å². The number of nitrogens with one attached hydrogen (secondary N) is 1. The van der Waals surface area contributed by atoms with Crippen molar-refractivity contribution in [1.82, 2.24) is 20.2 Å². The number of piperazine rings is 1. The first-order chi connectivity index (χ1) is 18.9. The molecule has 8 heteroatoms. The highest BCUT2D eigenvalue weighted by atomic mass is 35.5. The van der Waals surface area contributed by atoms with Gasteiger partial charge in [-0.3, -0.25) is 4.90 Å². The molecule has 3 aromatic rings. The van der Waals surface area contributed by atoms with Gasteiger partial charge in [-0.1, -0.05) is 37.6 Å². The minimum Gasteiger partial charge on any atom is -0.487 e. The summed E-state index contributed by atoms with van der Waals surface area (Å²) in [6, 6.07) is 17.7. The molecule has 204 valence electrons. The molecule has 0 unspecified atom stereocenters. The van der Waals surface area contributed by atoms with E-state index in [1.807, 2.05) is 36.5 Å². The average molecular weight is 545 g/mol. The van der Waals surface area contributed by atoms with Crippen molar-refractivity contribution >= 4 is 17.5 Å². The Morgan fingerprint density at radius 3 is 2.49 bits per heavy atom. The molecular weight excluding hydrogens is 508 g/mol. The number of anilines is 1. The summed E-state index contributed by atoms with van der Waals surface area (Å²) in [5.74, 6) is 2.39. The van der Waals surface area contributed by atoms with Crippen LogP contribution >= 0.6 is 11.6 Å². The monoisotopic (exact) mass is 544 g/mol. The summed E-state index contributed by atoms with van der Waals surface area (Å²) < 4.78 is 6.08. The Hall–Kier alpha value is -3.18. The molecule has 0 spiro atoms. The number of nitrogens with zero attached hydrogens (tertiary/aromatic N) is 5. The van der Waals surface area contributed by atoms with Gasteiger partial charge in [0, 0.05) is 49.4 Å². The van der Waals surface area contributed by atoms with Crippen molar-refractivity contribution in [2.75, 3.05) is 50.7 Å². The third kappa shape index (κ3) is 6.88. The van der Waals surface area contributed by atoms with E-state index in [9.17, 15) is 5.26 Å². The smallest absolute Gasteiger partial charge is 0.225 e. The maximum atomic E-state index is 9.33. The molecule has 2 fully saturated rings. The number of halogens is 1. The van der Waals surface area contributed by atoms with Crippen LogP contribution in [0.1, 0.15) is 49.1 Å². The third-order valence-corrected chi connectivity index (χ3v) is 8.26. The molecule has 0 aliphatic carbocycles. The molecule has 7 nitrogen and oxygen atoms in total. The van der Waals surface area contributed by atoms with Gasteiger partial charge in [0.2, 0.25) is 5.95 Å². The minimum atomic E-state index is -0.311. The van der Waals surface area contributed by atoms with E-state index in [-0.39, 0.29) is 5.41 Å². The largest absolute Gasteiger partial charge is 0.487 e. The first kappa shape index (κ1) is 27.4. The van der Waals surface area contributed by atoms with E-state index in [2.05, 4.69) is 52.2 Å². The molecule has 2 aliphatic rings. The molecule has 1 N–H and O–H groups in total. The molecule has 2 aromatic carbocycles. The Morgan fingerprint density at radius 2 is 1.77 bits per heavy atom. The van der Waals surface area contributed by atoms with Crippen LogP contribution in [0, 0.1) is 17.2 Å². The number of rotatable bonds is 8. The normalized spacial score (nSPS) is 17.1. The van der Waals surface area contributed by atoms with Gasteiger partial charge in [0.15, 0.2) is 0 Å². The van der Waals surface area contributed by atoms with E-state index in [1.165, 1.54) is 19.4 Å². The zero-order valence-corrected chi connectivity index (χ0v) is 23.6. The lowest BCUT2D eigenvalue weighted by atomic mass is 9.78. The lowest BCUT2D eigenvalue weighted by Crippen LogP contribution is -2.49. The molecule has 2 aliphatic heterocycles. The van der Waals surface area contributed by atoms with Crippen LogP contribution in [0.15, 0.2) is 54.7 Å². The minimum absolute atomic E-state index is 0.311. The van der Waals surface area contributed by atoms with Crippen molar-refractivity contribution in [3.8, 4) is 11.8 Å². The molecule has 0 radical (unpaired) electrons. The van der Waals surface area contributed by atoms with Crippen molar-refractivity contribution in [3.63, 3.8) is 0 Å². The van der Waals surface area contributed by atoms with Gasteiger partial charge in [-0.15, -0.1) is 0 Å². The van der Waals surface area contributed by atoms with E-state index in [1.54, 1.807) is 6.07 Å². The molecule has 0 amide bonds. The first-order valence-corrected chi connectivity index (χ1v) is 14.2. The average Bonchev–Trinajstić information content (AvgIpc) is 2.97. The summed E-state index contributed by atoms with van der Waals surface area (Å²) in [7, 11) is 0. The molecule has 3 heterocycles. The molecule has 39 heavy (non-hydrogen) atoms. The lowest BCUT2D eigenvalue weighted by molar-refractivity contribution is 0.196. The highest BCUT2D eigenvalue weighted by Gasteiger charge is 2.25. The Morgan fingerprint density at radius 1 is 1.03 bits per heavy atom. The fourth-order valence-corrected chi connectivity index (χ4v) is 5.72. The SMILES string of the molecule is CC(C)(c1ccc(OCc2ccnc(N3CCN(CC4CCNCC4)CC3)n2)cc1)c1cc(Cl)cc(C#N)c1. The van der Waals surface area contributed by atoms with Crippen LogP contribution in [-0.4, -0.2) is 60.7 Å². The van der Waals surface area contributed by atoms with E-state index < -0.39 is 0 Å². The number of benzene rings is 2.